The van der Waals surface area contributed by atoms with E-state index in [2.05, 4.69) is 21.8 Å². The van der Waals surface area contributed by atoms with Crippen molar-refractivity contribution in [3.05, 3.63) is 59.9 Å². The Hall–Kier alpha value is -3.27. The van der Waals surface area contributed by atoms with Gasteiger partial charge in [-0.2, -0.15) is 0 Å². The molecule has 28 heavy (non-hydrogen) atoms. The van der Waals surface area contributed by atoms with Crippen LogP contribution in [0.1, 0.15) is 28.8 Å². The number of hydrogen-bond acceptors (Lipinski definition) is 5. The first-order chi connectivity index (χ1) is 13.7. The molecule has 1 aliphatic rings. The molecule has 3 N–H and O–H groups in total. The number of amides is 1. The van der Waals surface area contributed by atoms with Gasteiger partial charge < -0.3 is 5.11 Å². The predicted molar refractivity (Wildman–Crippen MR) is 104 cm³/mol. The maximum absolute atomic E-state index is 12.0. The van der Waals surface area contributed by atoms with Gasteiger partial charge in [0.2, 0.25) is 0 Å². The fourth-order valence-corrected chi connectivity index (χ4v) is 3.38. The molecule has 1 amide bonds. The third-order valence-corrected chi connectivity index (χ3v) is 5.05. The maximum Gasteiger partial charge on any atom is 0.275 e. The summed E-state index contributed by atoms with van der Waals surface area (Å²) in [6.45, 7) is 0.248. The van der Waals surface area contributed by atoms with Gasteiger partial charge >= 0.3 is 0 Å². The quantitative estimate of drug-likeness (QED) is 0.373. The van der Waals surface area contributed by atoms with Crippen LogP contribution in [0.4, 0.5) is 0 Å². The summed E-state index contributed by atoms with van der Waals surface area (Å²) in [6.07, 6.45) is 5.09. The molecule has 1 fully saturated rings. The summed E-state index contributed by atoms with van der Waals surface area (Å²) < 4.78 is 0. The smallest absolute Gasteiger partial charge is 0.275 e. The van der Waals surface area contributed by atoms with Gasteiger partial charge in [0, 0.05) is 41.4 Å². The van der Waals surface area contributed by atoms with Crippen molar-refractivity contribution in [3.63, 3.8) is 0 Å². The molecular formula is C22H19N3O3. The first-order valence-corrected chi connectivity index (χ1v) is 9.10. The van der Waals surface area contributed by atoms with Gasteiger partial charge in [-0.15, -0.1) is 0 Å². The number of hydrogen-bond donors (Lipinski definition) is 3. The van der Waals surface area contributed by atoms with Gasteiger partial charge in [-0.25, -0.2) is 10.5 Å². The Kier molecular flexibility index (Phi) is 5.02. The van der Waals surface area contributed by atoms with Crippen molar-refractivity contribution in [3.8, 4) is 23.1 Å². The fourth-order valence-electron chi connectivity index (χ4n) is 3.38. The molecule has 2 aromatic heterocycles. The monoisotopic (exact) mass is 373 g/mol. The zero-order chi connectivity index (χ0) is 19.5. The summed E-state index contributed by atoms with van der Waals surface area (Å²) in [4.78, 5) is 20.7. The van der Waals surface area contributed by atoms with E-state index in [1.54, 1.807) is 30.0 Å². The Morgan fingerprint density at radius 2 is 2.00 bits per heavy atom. The van der Waals surface area contributed by atoms with Gasteiger partial charge in [0.1, 0.15) is 0 Å². The van der Waals surface area contributed by atoms with Crippen LogP contribution in [0.5, 0.6) is 0 Å². The lowest BCUT2D eigenvalue weighted by Crippen LogP contribution is -2.25. The first kappa shape index (κ1) is 18.1. The zero-order valence-electron chi connectivity index (χ0n) is 15.1. The number of carbonyl (C=O) groups excluding carboxylic acids is 1. The Morgan fingerprint density at radius 3 is 2.71 bits per heavy atom. The average Bonchev–Trinajstić information content (AvgIpc) is 2.72. The van der Waals surface area contributed by atoms with Gasteiger partial charge in [-0.1, -0.05) is 24.0 Å². The highest BCUT2D eigenvalue weighted by Crippen LogP contribution is 2.32. The molecule has 0 saturated heterocycles. The highest BCUT2D eigenvalue weighted by Gasteiger charge is 2.26. The van der Waals surface area contributed by atoms with E-state index < -0.39 is 5.91 Å². The highest BCUT2D eigenvalue weighted by molar-refractivity contribution is 6.06. The number of aliphatic hydroxyl groups excluding tert-OH is 1. The van der Waals surface area contributed by atoms with Gasteiger partial charge in [0.25, 0.3) is 5.91 Å². The molecule has 6 nitrogen and oxygen atoms in total. The van der Waals surface area contributed by atoms with Crippen LogP contribution in [-0.2, 0) is 0 Å². The van der Waals surface area contributed by atoms with Crippen molar-refractivity contribution in [2.75, 3.05) is 6.61 Å². The molecule has 0 aliphatic heterocycles. The Bertz CT molecular complexity index is 1080. The van der Waals surface area contributed by atoms with Crippen LogP contribution in [0.2, 0.25) is 0 Å². The predicted octanol–water partition coefficient (Wildman–Crippen LogP) is 2.79. The van der Waals surface area contributed by atoms with Gasteiger partial charge in [-0.3, -0.25) is 15.0 Å². The van der Waals surface area contributed by atoms with Crippen molar-refractivity contribution in [1.29, 1.82) is 0 Å². The first-order valence-electron chi connectivity index (χ1n) is 9.10. The summed E-state index contributed by atoms with van der Waals surface area (Å²) in [7, 11) is 0. The van der Waals surface area contributed by atoms with Crippen molar-refractivity contribution in [2.24, 2.45) is 11.8 Å². The van der Waals surface area contributed by atoms with Crippen molar-refractivity contribution >= 4 is 16.8 Å². The van der Waals surface area contributed by atoms with E-state index in [1.165, 1.54) is 0 Å². The molecule has 1 aliphatic carbocycles. The van der Waals surface area contributed by atoms with Crippen LogP contribution in [0.25, 0.3) is 22.2 Å². The second-order valence-electron chi connectivity index (χ2n) is 6.95. The second-order valence-corrected chi connectivity index (χ2v) is 6.95. The van der Waals surface area contributed by atoms with E-state index in [9.17, 15) is 4.79 Å². The second kappa shape index (κ2) is 7.77. The fraction of sp³-hybridized carbons (Fsp3) is 0.227. The van der Waals surface area contributed by atoms with Crippen LogP contribution >= 0.6 is 0 Å². The lowest BCUT2D eigenvalue weighted by atomic mass is 9.76. The number of aliphatic hydroxyl groups is 1. The molecule has 3 aromatic rings. The molecule has 1 aromatic carbocycles. The lowest BCUT2D eigenvalue weighted by Gasteiger charge is -2.29. The summed E-state index contributed by atoms with van der Waals surface area (Å²) in [6, 6.07) is 11.0. The van der Waals surface area contributed by atoms with Crippen molar-refractivity contribution in [2.45, 2.75) is 12.8 Å². The maximum atomic E-state index is 12.0. The summed E-state index contributed by atoms with van der Waals surface area (Å²) in [5, 5.41) is 18.7. The minimum atomic E-state index is -0.606. The van der Waals surface area contributed by atoms with Gasteiger partial charge in [0.05, 0.1) is 16.8 Å². The molecule has 0 atom stereocenters. The number of hydroxylamine groups is 1. The molecule has 140 valence electrons. The van der Waals surface area contributed by atoms with E-state index in [0.29, 0.717) is 34.0 Å². The molecule has 0 spiro atoms. The van der Waals surface area contributed by atoms with E-state index in [4.69, 9.17) is 10.3 Å². The molecular weight excluding hydrogens is 354 g/mol. The third kappa shape index (κ3) is 3.58. The summed E-state index contributed by atoms with van der Waals surface area (Å²) in [5.41, 5.74) is 5.00. The number of rotatable bonds is 3. The largest absolute Gasteiger partial charge is 0.396 e. The van der Waals surface area contributed by atoms with Crippen LogP contribution < -0.4 is 5.48 Å². The number of fused-ring (bicyclic) bond motifs is 1. The van der Waals surface area contributed by atoms with E-state index in [-0.39, 0.29) is 6.61 Å². The highest BCUT2D eigenvalue weighted by atomic mass is 16.5. The molecule has 0 radical (unpaired) electrons. The van der Waals surface area contributed by atoms with E-state index in [1.807, 2.05) is 24.3 Å². The van der Waals surface area contributed by atoms with E-state index >= 15 is 0 Å². The molecule has 0 bridgehead atoms. The topological polar surface area (TPSA) is 95.3 Å². The minimum Gasteiger partial charge on any atom is -0.396 e. The van der Waals surface area contributed by atoms with Crippen LogP contribution in [0, 0.1) is 23.7 Å². The van der Waals surface area contributed by atoms with E-state index in [0.717, 1.165) is 24.0 Å². The zero-order valence-corrected chi connectivity index (χ0v) is 15.1. The number of benzene rings is 1. The lowest BCUT2D eigenvalue weighted by molar-refractivity contribution is 0.0708. The number of carbonyl (C=O) groups is 1. The average molecular weight is 373 g/mol. The normalized spacial score (nSPS) is 18.1. The van der Waals surface area contributed by atoms with Gasteiger partial charge in [0.15, 0.2) is 0 Å². The van der Waals surface area contributed by atoms with Crippen LogP contribution in [-0.4, -0.2) is 32.8 Å². The standard InChI is InChI=1S/C22H19N3O3/c26-13-16-9-15(10-16)2-1-14-3-5-17(6-4-14)21-11-18(22(27)25-28)19-12-23-8-7-20(19)24-21/h3-8,11-12,15-16,26,28H,9-10,13H2,(H,25,27). The number of aromatic nitrogens is 2. The number of nitrogens with zero attached hydrogens (tertiary/aromatic N) is 2. The molecule has 0 unspecified atom stereocenters. The van der Waals surface area contributed by atoms with Crippen molar-refractivity contribution in [1.82, 2.24) is 15.4 Å². The SMILES string of the molecule is O=C(NO)c1cc(-c2ccc(C#CC3CC(CO)C3)cc2)nc2ccncc12. The number of nitrogens with one attached hydrogen (secondary N) is 1. The minimum absolute atomic E-state index is 0.248. The summed E-state index contributed by atoms with van der Waals surface area (Å²) in [5.74, 6) is 6.60. The van der Waals surface area contributed by atoms with Crippen LogP contribution in [0.3, 0.4) is 0 Å². The van der Waals surface area contributed by atoms with Crippen LogP contribution in [0.15, 0.2) is 48.8 Å². The molecule has 2 heterocycles. The Morgan fingerprint density at radius 1 is 1.21 bits per heavy atom. The van der Waals surface area contributed by atoms with Crippen molar-refractivity contribution < 1.29 is 15.1 Å². The Labute approximate surface area is 162 Å². The third-order valence-electron chi connectivity index (χ3n) is 5.05. The Balaban J connectivity index is 1.62. The number of pyridine rings is 2. The molecule has 1 saturated carbocycles. The summed E-state index contributed by atoms with van der Waals surface area (Å²) >= 11 is 0. The molecule has 6 heteroatoms. The van der Waals surface area contributed by atoms with Gasteiger partial charge in [-0.05, 0) is 43.0 Å². The molecule has 4 rings (SSSR count).